The van der Waals surface area contributed by atoms with Gasteiger partial charge >= 0.3 is 0 Å². The number of rotatable bonds is 4. The Morgan fingerprint density at radius 3 is 2.87 bits per heavy atom. The molecule has 5 rings (SSSR count). The number of hydrogen-bond donors (Lipinski definition) is 1. The molecule has 2 aromatic heterocycles. The Kier molecular flexibility index (Phi) is 4.80. The third-order valence-corrected chi connectivity index (χ3v) is 5.91. The Hall–Kier alpha value is -3.46. The number of hydrogen-bond acceptors (Lipinski definition) is 4. The smallest absolute Gasteiger partial charge is 0.251 e. The number of benzene rings is 1. The summed E-state index contributed by atoms with van der Waals surface area (Å²) in [6.45, 7) is 0.853. The van der Waals surface area contributed by atoms with Gasteiger partial charge in [-0.2, -0.15) is 10.4 Å². The maximum atomic E-state index is 12.8. The molecule has 1 amide bonds. The van der Waals surface area contributed by atoms with E-state index in [1.54, 1.807) is 24.3 Å². The fourth-order valence-corrected chi connectivity index (χ4v) is 4.12. The molecule has 1 aliphatic heterocycles. The van der Waals surface area contributed by atoms with Crippen molar-refractivity contribution in [3.63, 3.8) is 0 Å². The standard InChI is InChI=1S/C24H23N5O/c25-15-16-4-3-5-19(12-16)24(30)27-20-6-1-2-11-29-23(20)14-22(28-29)18-9-10-26-21(13-18)17-7-8-17/h3-5,9-10,12-14,17,20H,1-2,6-8,11H2,(H,27,30). The van der Waals surface area contributed by atoms with Crippen LogP contribution in [0, 0.1) is 11.3 Å². The predicted octanol–water partition coefficient (Wildman–Crippen LogP) is 4.35. The molecule has 6 heteroatoms. The van der Waals surface area contributed by atoms with Crippen molar-refractivity contribution in [1.82, 2.24) is 20.1 Å². The van der Waals surface area contributed by atoms with Crippen LogP contribution in [0.3, 0.4) is 0 Å². The summed E-state index contributed by atoms with van der Waals surface area (Å²) in [5, 5.41) is 17.1. The molecule has 0 saturated heterocycles. The van der Waals surface area contributed by atoms with Gasteiger partial charge in [0.05, 0.1) is 29.1 Å². The fraction of sp³-hybridized carbons (Fsp3) is 0.333. The lowest BCUT2D eigenvalue weighted by Gasteiger charge is -2.17. The van der Waals surface area contributed by atoms with Crippen molar-refractivity contribution in [3.8, 4) is 17.3 Å². The quantitative estimate of drug-likeness (QED) is 0.709. The first-order valence-electron chi connectivity index (χ1n) is 10.6. The van der Waals surface area contributed by atoms with E-state index >= 15 is 0 Å². The summed E-state index contributed by atoms with van der Waals surface area (Å²) in [5.74, 6) is 0.440. The van der Waals surface area contributed by atoms with E-state index in [2.05, 4.69) is 28.5 Å². The van der Waals surface area contributed by atoms with E-state index in [0.717, 1.165) is 48.5 Å². The number of aryl methyl sites for hydroxylation is 1. The van der Waals surface area contributed by atoms with E-state index in [4.69, 9.17) is 10.4 Å². The molecule has 1 aliphatic carbocycles. The third-order valence-electron chi connectivity index (χ3n) is 5.91. The number of aromatic nitrogens is 3. The molecule has 1 fully saturated rings. The minimum atomic E-state index is -0.159. The Labute approximate surface area is 175 Å². The SMILES string of the molecule is N#Cc1cccc(C(=O)NC2CCCCn3nc(-c4ccnc(C5CC5)c4)cc32)c1. The van der Waals surface area contributed by atoms with E-state index < -0.39 is 0 Å². The molecule has 0 bridgehead atoms. The highest BCUT2D eigenvalue weighted by molar-refractivity contribution is 5.94. The zero-order chi connectivity index (χ0) is 20.5. The van der Waals surface area contributed by atoms with Crippen LogP contribution < -0.4 is 5.32 Å². The molecule has 1 atom stereocenters. The molecule has 3 heterocycles. The van der Waals surface area contributed by atoms with Gasteiger partial charge in [0.1, 0.15) is 0 Å². The molecular formula is C24H23N5O. The molecule has 6 nitrogen and oxygen atoms in total. The summed E-state index contributed by atoms with van der Waals surface area (Å²) in [5.41, 5.74) is 5.20. The molecule has 0 spiro atoms. The molecule has 2 aliphatic rings. The Bertz CT molecular complexity index is 1140. The number of nitrogens with zero attached hydrogens (tertiary/aromatic N) is 4. The number of pyridine rings is 1. The average molecular weight is 397 g/mol. The largest absolute Gasteiger partial charge is 0.344 e. The second kappa shape index (κ2) is 7.75. The van der Waals surface area contributed by atoms with Crippen molar-refractivity contribution in [2.45, 2.75) is 50.6 Å². The maximum absolute atomic E-state index is 12.8. The fourth-order valence-electron chi connectivity index (χ4n) is 4.12. The van der Waals surface area contributed by atoms with Gasteiger partial charge in [0, 0.05) is 35.5 Å². The van der Waals surface area contributed by atoms with Gasteiger partial charge in [-0.3, -0.25) is 14.5 Å². The minimum Gasteiger partial charge on any atom is -0.344 e. The Balaban J connectivity index is 1.42. The average Bonchev–Trinajstić information content (AvgIpc) is 3.58. The summed E-state index contributed by atoms with van der Waals surface area (Å²) >= 11 is 0. The molecule has 1 unspecified atom stereocenters. The van der Waals surface area contributed by atoms with Crippen molar-refractivity contribution in [2.75, 3.05) is 0 Å². The number of fused-ring (bicyclic) bond motifs is 1. The molecule has 1 N–H and O–H groups in total. The summed E-state index contributed by atoms with van der Waals surface area (Å²) in [7, 11) is 0. The highest BCUT2D eigenvalue weighted by atomic mass is 16.1. The van der Waals surface area contributed by atoms with Crippen LogP contribution in [0.15, 0.2) is 48.7 Å². The molecule has 3 aromatic rings. The van der Waals surface area contributed by atoms with Crippen molar-refractivity contribution < 1.29 is 4.79 Å². The van der Waals surface area contributed by atoms with Crippen molar-refractivity contribution in [2.24, 2.45) is 0 Å². The van der Waals surface area contributed by atoms with Gasteiger partial charge < -0.3 is 5.32 Å². The molecule has 1 aromatic carbocycles. The zero-order valence-electron chi connectivity index (χ0n) is 16.7. The first-order valence-corrected chi connectivity index (χ1v) is 10.6. The molecular weight excluding hydrogens is 374 g/mol. The van der Waals surface area contributed by atoms with Gasteiger partial charge in [0.25, 0.3) is 5.91 Å². The van der Waals surface area contributed by atoms with Gasteiger partial charge in [0.15, 0.2) is 0 Å². The summed E-state index contributed by atoms with van der Waals surface area (Å²) in [6.07, 6.45) is 7.25. The number of carbonyl (C=O) groups excluding carboxylic acids is 1. The van der Waals surface area contributed by atoms with Crippen molar-refractivity contribution in [3.05, 3.63) is 71.2 Å². The number of nitrogens with one attached hydrogen (secondary N) is 1. The second-order valence-corrected chi connectivity index (χ2v) is 8.14. The van der Waals surface area contributed by atoms with Crippen molar-refractivity contribution in [1.29, 1.82) is 5.26 Å². The van der Waals surface area contributed by atoms with E-state index in [9.17, 15) is 4.79 Å². The lowest BCUT2D eigenvalue weighted by atomic mass is 10.0. The van der Waals surface area contributed by atoms with E-state index in [0.29, 0.717) is 17.0 Å². The van der Waals surface area contributed by atoms with Crippen LogP contribution in [0.25, 0.3) is 11.3 Å². The molecule has 0 radical (unpaired) electrons. The van der Waals surface area contributed by atoms with Gasteiger partial charge in [-0.1, -0.05) is 6.07 Å². The molecule has 30 heavy (non-hydrogen) atoms. The topological polar surface area (TPSA) is 83.6 Å². The van der Waals surface area contributed by atoms with E-state index in [1.807, 2.05) is 16.9 Å². The van der Waals surface area contributed by atoms with Crippen LogP contribution in [0.1, 0.15) is 71.4 Å². The Morgan fingerprint density at radius 2 is 2.03 bits per heavy atom. The number of nitriles is 1. The third kappa shape index (κ3) is 3.71. The van der Waals surface area contributed by atoms with E-state index in [-0.39, 0.29) is 11.9 Å². The van der Waals surface area contributed by atoms with Crippen molar-refractivity contribution >= 4 is 5.91 Å². The van der Waals surface area contributed by atoms with Crippen LogP contribution in [-0.4, -0.2) is 20.7 Å². The summed E-state index contributed by atoms with van der Waals surface area (Å²) in [4.78, 5) is 17.4. The predicted molar refractivity (Wildman–Crippen MR) is 113 cm³/mol. The van der Waals surface area contributed by atoms with Gasteiger partial charge in [-0.15, -0.1) is 0 Å². The summed E-state index contributed by atoms with van der Waals surface area (Å²) < 4.78 is 2.04. The normalized spacial score (nSPS) is 18.2. The van der Waals surface area contributed by atoms with Crippen LogP contribution in [0.4, 0.5) is 0 Å². The lowest BCUT2D eigenvalue weighted by Crippen LogP contribution is -2.29. The van der Waals surface area contributed by atoms with E-state index in [1.165, 1.54) is 12.8 Å². The highest BCUT2D eigenvalue weighted by Gasteiger charge is 2.26. The number of amides is 1. The second-order valence-electron chi connectivity index (χ2n) is 8.14. The minimum absolute atomic E-state index is 0.100. The van der Waals surface area contributed by atoms with Crippen LogP contribution >= 0.6 is 0 Å². The van der Waals surface area contributed by atoms with Gasteiger partial charge in [-0.25, -0.2) is 0 Å². The van der Waals surface area contributed by atoms with Gasteiger partial charge in [-0.05, 0) is 68.5 Å². The maximum Gasteiger partial charge on any atom is 0.251 e. The number of carbonyl (C=O) groups is 1. The monoisotopic (exact) mass is 397 g/mol. The zero-order valence-corrected chi connectivity index (χ0v) is 16.7. The van der Waals surface area contributed by atoms with Crippen LogP contribution in [-0.2, 0) is 6.54 Å². The Morgan fingerprint density at radius 1 is 1.13 bits per heavy atom. The summed E-state index contributed by atoms with van der Waals surface area (Å²) in [6, 6.07) is 15.1. The first kappa shape index (κ1) is 18.6. The first-order chi connectivity index (χ1) is 14.7. The molecule has 150 valence electrons. The van der Waals surface area contributed by atoms with Crippen LogP contribution in [0.5, 0.6) is 0 Å². The van der Waals surface area contributed by atoms with Crippen LogP contribution in [0.2, 0.25) is 0 Å². The highest BCUT2D eigenvalue weighted by Crippen LogP contribution is 2.40. The molecule has 1 saturated carbocycles. The lowest BCUT2D eigenvalue weighted by molar-refractivity contribution is 0.0933. The van der Waals surface area contributed by atoms with Gasteiger partial charge in [0.2, 0.25) is 0 Å².